The summed E-state index contributed by atoms with van der Waals surface area (Å²) in [5.74, 6) is 0. The molecule has 0 aromatic heterocycles. The van der Waals surface area contributed by atoms with Crippen molar-refractivity contribution in [2.75, 3.05) is 0 Å². The van der Waals surface area contributed by atoms with Crippen molar-refractivity contribution in [3.63, 3.8) is 0 Å². The standard InChI is InChI=1S/C120H95O3P/c121-124(122-113(97-63-27-5-28-64-97)91-111(93-55-19-1-20-56-93,94-57-21-2-22-58-94)115(99-67-31-7-32-68-99,100-69-33-8-34-70-100)119(107-83-47-15-48-84-107,108-85-49-16-50-86-108)117(113,103-75-39-11-40-76-103)104-77-41-12-42-78-104)123-114(98-65-29-6-30-66-98)92-112(95-59-23-3-24-60-95,96-61-25-4-26-62-96)116(101-71-35-9-36-72-101,102-73-37-10-38-74-102)120(109-87-51-17-52-88-109,110-89-53-18-54-90-110)118(114,105-79-43-13-44-80-105)106-81-45-14-46-82-106/h1-90,121H,91-92H2. The van der Waals surface area contributed by atoms with Crippen molar-refractivity contribution in [3.8, 4) is 0 Å². The molecule has 18 aromatic carbocycles. The number of hydrogen-bond donors (Lipinski definition) is 1. The van der Waals surface area contributed by atoms with Crippen LogP contribution in [-0.2, 0) is 63.6 Å². The molecule has 2 aliphatic carbocycles. The lowest BCUT2D eigenvalue weighted by molar-refractivity contribution is -0.156. The van der Waals surface area contributed by atoms with Crippen molar-refractivity contribution < 1.29 is 13.9 Å². The second-order valence-corrected chi connectivity index (χ2v) is 34.2. The van der Waals surface area contributed by atoms with Crippen LogP contribution in [0.5, 0.6) is 0 Å². The molecular formula is C120H95O3P. The van der Waals surface area contributed by atoms with Crippen LogP contribution in [0.3, 0.4) is 0 Å². The molecule has 0 saturated heterocycles. The van der Waals surface area contributed by atoms with Crippen LogP contribution in [0.1, 0.15) is 113 Å². The Morgan fingerprint density at radius 1 is 0.137 bits per heavy atom. The van der Waals surface area contributed by atoms with Crippen molar-refractivity contribution in [2.24, 2.45) is 0 Å². The van der Waals surface area contributed by atoms with Crippen LogP contribution in [-0.4, -0.2) is 4.89 Å². The highest BCUT2D eigenvalue weighted by atomic mass is 31.2. The topological polar surface area (TPSA) is 38.7 Å². The Morgan fingerprint density at radius 3 is 0.395 bits per heavy atom. The molecule has 0 spiro atoms. The summed E-state index contributed by atoms with van der Waals surface area (Å²) in [5, 5.41) is 0. The second kappa shape index (κ2) is 32.9. The van der Waals surface area contributed by atoms with Gasteiger partial charge in [-0.1, -0.05) is 546 Å². The van der Waals surface area contributed by atoms with Gasteiger partial charge < -0.3 is 4.89 Å². The lowest BCUT2D eigenvalue weighted by Crippen LogP contribution is -2.81. The zero-order valence-electron chi connectivity index (χ0n) is 69.1. The van der Waals surface area contributed by atoms with Gasteiger partial charge in [0.05, 0.1) is 21.7 Å². The van der Waals surface area contributed by atoms with E-state index in [2.05, 4.69) is 546 Å². The van der Waals surface area contributed by atoms with E-state index in [1.54, 1.807) is 0 Å². The van der Waals surface area contributed by atoms with E-state index >= 15 is 4.89 Å². The van der Waals surface area contributed by atoms with Gasteiger partial charge in [0.15, 0.2) is 0 Å². The maximum absolute atomic E-state index is 16.9. The van der Waals surface area contributed by atoms with Crippen molar-refractivity contribution >= 4 is 8.60 Å². The molecule has 2 aliphatic rings. The first-order chi connectivity index (χ1) is 61.4. The monoisotopic (exact) mass is 1610 g/mol. The number of hydrogen-bond acceptors (Lipinski definition) is 3. The van der Waals surface area contributed by atoms with Gasteiger partial charge in [-0.05, 0) is 113 Å². The van der Waals surface area contributed by atoms with Crippen LogP contribution in [0, 0.1) is 0 Å². The van der Waals surface area contributed by atoms with Gasteiger partial charge in [0.1, 0.15) is 11.2 Å². The van der Waals surface area contributed by atoms with Crippen LogP contribution in [0.2, 0.25) is 0 Å². The predicted molar refractivity (Wildman–Crippen MR) is 506 cm³/mol. The predicted octanol–water partition coefficient (Wildman–Crippen LogP) is 27.7. The first-order valence-electron chi connectivity index (χ1n) is 43.3. The van der Waals surface area contributed by atoms with Crippen molar-refractivity contribution in [1.82, 2.24) is 0 Å². The van der Waals surface area contributed by atoms with E-state index in [4.69, 9.17) is 0 Å². The fourth-order valence-electron chi connectivity index (χ4n) is 24.9. The first-order valence-corrected chi connectivity index (χ1v) is 44.4. The Hall–Kier alpha value is -13.7. The molecule has 2 unspecified atom stereocenters. The number of rotatable bonds is 22. The summed E-state index contributed by atoms with van der Waals surface area (Å²) in [6.45, 7) is 0. The summed E-state index contributed by atoms with van der Waals surface area (Å²) in [4.78, 5) is 16.9. The largest absolute Gasteiger partial charge is 0.331 e. The minimum Gasteiger partial charge on any atom is -0.328 e. The van der Waals surface area contributed by atoms with Gasteiger partial charge in [0.25, 0.3) is 0 Å². The van der Waals surface area contributed by atoms with Gasteiger partial charge in [0.2, 0.25) is 0 Å². The van der Waals surface area contributed by atoms with Gasteiger partial charge in [-0.25, -0.2) is 0 Å². The Balaban J connectivity index is 1.05. The maximum atomic E-state index is 16.9. The summed E-state index contributed by atoms with van der Waals surface area (Å²) >= 11 is 0. The molecule has 0 bridgehead atoms. The van der Waals surface area contributed by atoms with Crippen molar-refractivity contribution in [3.05, 3.63) is 646 Å². The quantitative estimate of drug-likeness (QED) is 0.0688. The molecule has 20 rings (SSSR count). The fourth-order valence-corrected chi connectivity index (χ4v) is 26.1. The Labute approximate surface area is 731 Å². The molecular weight excluding hydrogens is 1520 g/mol. The minimum absolute atomic E-state index is 0.150. The molecule has 2 saturated carbocycles. The average molecular weight is 1620 g/mol. The van der Waals surface area contributed by atoms with Crippen LogP contribution >= 0.6 is 8.60 Å². The highest BCUT2D eigenvalue weighted by Crippen LogP contribution is 2.85. The average Bonchev–Trinajstić information content (AvgIpc) is 0.624. The van der Waals surface area contributed by atoms with Gasteiger partial charge in [-0.15, -0.1) is 0 Å². The Morgan fingerprint density at radius 2 is 0.250 bits per heavy atom. The van der Waals surface area contributed by atoms with Crippen molar-refractivity contribution in [2.45, 2.75) is 67.4 Å². The van der Waals surface area contributed by atoms with Gasteiger partial charge in [-0.3, -0.25) is 9.05 Å². The Bertz CT molecular complexity index is 5780. The van der Waals surface area contributed by atoms with E-state index in [9.17, 15) is 9.05 Å². The molecule has 18 aromatic rings. The van der Waals surface area contributed by atoms with Crippen molar-refractivity contribution in [1.29, 1.82) is 0 Å². The van der Waals surface area contributed by atoms with Crippen LogP contribution in [0.4, 0.5) is 0 Å². The summed E-state index contributed by atoms with van der Waals surface area (Å²) in [6, 6.07) is 204. The maximum Gasteiger partial charge on any atom is 0.331 e. The fraction of sp³-hybridized carbons (Fsp3) is 0.100. The first kappa shape index (κ1) is 78.8. The zero-order chi connectivity index (χ0) is 83.4. The van der Waals surface area contributed by atoms with E-state index in [0.717, 1.165) is 100 Å². The molecule has 0 aliphatic heterocycles. The molecule has 2 atom stereocenters. The normalized spacial score (nSPS) is 18.8. The van der Waals surface area contributed by atoms with Crippen LogP contribution in [0.25, 0.3) is 0 Å². The molecule has 598 valence electrons. The summed E-state index contributed by atoms with van der Waals surface area (Å²) in [6.07, 6.45) is 0.301. The molecule has 0 amide bonds. The lowest BCUT2D eigenvalue weighted by Gasteiger charge is -2.77. The van der Waals surface area contributed by atoms with E-state index < -0.39 is 63.1 Å². The van der Waals surface area contributed by atoms with Gasteiger partial charge >= 0.3 is 8.60 Å². The summed E-state index contributed by atoms with van der Waals surface area (Å²) in [5.41, 5.74) is 2.70. The molecule has 4 heteroatoms. The van der Waals surface area contributed by atoms with E-state index in [0.29, 0.717) is 0 Å². The SMILES string of the molecule is OP(OC1(c2ccccc2)CC(c2ccccc2)(c2ccccc2)C(c2ccccc2)(c2ccccc2)C(c2ccccc2)(c2ccccc2)C1(c1ccccc1)c1ccccc1)OC1(c2ccccc2)CC(c2ccccc2)(c2ccccc2)C(c2ccccc2)(c2ccccc2)C(c2ccccc2)(c2ccccc2)C1(c1ccccc1)c1ccccc1. The van der Waals surface area contributed by atoms with Gasteiger partial charge in [-0.2, -0.15) is 0 Å². The summed E-state index contributed by atoms with van der Waals surface area (Å²) in [7, 11) is -3.44. The number of benzene rings is 18. The Kier molecular flexibility index (Phi) is 20.9. The molecule has 0 radical (unpaired) electrons. The van der Waals surface area contributed by atoms with Crippen LogP contribution < -0.4 is 0 Å². The smallest absolute Gasteiger partial charge is 0.328 e. The van der Waals surface area contributed by atoms with Crippen LogP contribution in [0.15, 0.2) is 546 Å². The molecule has 0 heterocycles. The summed E-state index contributed by atoms with van der Waals surface area (Å²) < 4.78 is 19.3. The molecule has 3 nitrogen and oxygen atoms in total. The third-order valence-electron chi connectivity index (χ3n) is 28.3. The molecule has 124 heavy (non-hydrogen) atoms. The third kappa shape index (κ3) is 11.3. The van der Waals surface area contributed by atoms with E-state index in [1.807, 2.05) is 0 Å². The van der Waals surface area contributed by atoms with Gasteiger partial charge in [0, 0.05) is 21.7 Å². The second-order valence-electron chi connectivity index (χ2n) is 33.3. The minimum atomic E-state index is -3.44. The zero-order valence-corrected chi connectivity index (χ0v) is 70.0. The lowest BCUT2D eigenvalue weighted by atomic mass is 9.25. The van der Waals surface area contributed by atoms with E-state index in [1.165, 1.54) is 0 Å². The third-order valence-corrected chi connectivity index (χ3v) is 29.2. The molecule has 1 N–H and O–H groups in total. The highest BCUT2D eigenvalue weighted by Gasteiger charge is 2.87. The van der Waals surface area contributed by atoms with E-state index in [-0.39, 0.29) is 12.8 Å². The highest BCUT2D eigenvalue weighted by molar-refractivity contribution is 7.40. The molecule has 2 fully saturated rings.